The zero-order valence-corrected chi connectivity index (χ0v) is 23.3. The summed E-state index contributed by atoms with van der Waals surface area (Å²) in [6, 6.07) is 41.1. The molecule has 5 rings (SSSR count). The Balaban J connectivity index is 1.51. The maximum atomic E-state index is 5.47. The van der Waals surface area contributed by atoms with Crippen LogP contribution in [0.3, 0.4) is 0 Å². The van der Waals surface area contributed by atoms with Gasteiger partial charge in [0, 0.05) is 17.1 Å². The average Bonchev–Trinajstić information content (AvgIpc) is 3.00. The van der Waals surface area contributed by atoms with Gasteiger partial charge in [-0.2, -0.15) is 5.10 Å². The molecule has 5 aromatic carbocycles. The molecule has 0 spiro atoms. The molecule has 0 atom stereocenters. The molecule has 0 amide bonds. The maximum Gasteiger partial charge on any atom is 0.119 e. The molecular formula is C35H33N3O2. The standard InChI is InChI=1S/C35H33N3O2/c1-26-23-32(39-3)19-21-34(26)37(35-22-20-33(40-4)24-27(35)2)29-17-15-28(16-18-29)25-36-38(30-11-7-5-8-12-30)31-13-9-6-10-14-31/h5-25H,1-4H3/b36-25+. The fourth-order valence-electron chi connectivity index (χ4n) is 4.67. The van der Waals surface area contributed by atoms with E-state index in [1.54, 1.807) is 14.2 Å². The Morgan fingerprint density at radius 2 is 1.02 bits per heavy atom. The molecule has 0 radical (unpaired) electrons. The van der Waals surface area contributed by atoms with E-state index in [4.69, 9.17) is 14.6 Å². The van der Waals surface area contributed by atoms with Crippen molar-refractivity contribution in [3.8, 4) is 11.5 Å². The van der Waals surface area contributed by atoms with Gasteiger partial charge in [-0.1, -0.05) is 48.5 Å². The first-order valence-corrected chi connectivity index (χ1v) is 13.2. The molecule has 0 unspecified atom stereocenters. The summed E-state index contributed by atoms with van der Waals surface area (Å²) in [5.41, 5.74) is 8.42. The van der Waals surface area contributed by atoms with Gasteiger partial charge in [-0.3, -0.25) is 0 Å². The summed E-state index contributed by atoms with van der Waals surface area (Å²) in [6.07, 6.45) is 1.89. The van der Waals surface area contributed by atoms with Crippen molar-refractivity contribution in [2.24, 2.45) is 5.10 Å². The summed E-state index contributed by atoms with van der Waals surface area (Å²) in [7, 11) is 3.38. The van der Waals surface area contributed by atoms with Gasteiger partial charge in [0.15, 0.2) is 0 Å². The molecule has 0 saturated carbocycles. The monoisotopic (exact) mass is 527 g/mol. The number of hydrazone groups is 1. The van der Waals surface area contributed by atoms with E-state index < -0.39 is 0 Å². The molecule has 0 aliphatic heterocycles. The molecule has 0 aliphatic rings. The van der Waals surface area contributed by atoms with Crippen LogP contribution in [0, 0.1) is 13.8 Å². The van der Waals surface area contributed by atoms with Gasteiger partial charge < -0.3 is 14.4 Å². The minimum absolute atomic E-state index is 0.834. The number of para-hydroxylation sites is 2. The van der Waals surface area contributed by atoms with Crippen molar-refractivity contribution in [3.63, 3.8) is 0 Å². The van der Waals surface area contributed by atoms with E-state index in [1.165, 1.54) is 0 Å². The van der Waals surface area contributed by atoms with Crippen LogP contribution in [0.2, 0.25) is 0 Å². The van der Waals surface area contributed by atoms with Gasteiger partial charge in [-0.15, -0.1) is 0 Å². The Labute approximate surface area is 236 Å². The zero-order valence-electron chi connectivity index (χ0n) is 23.3. The summed E-state index contributed by atoms with van der Waals surface area (Å²) < 4.78 is 10.9. The van der Waals surface area contributed by atoms with E-state index in [-0.39, 0.29) is 0 Å². The SMILES string of the molecule is COc1ccc(N(c2ccc(/C=N/N(c3ccccc3)c3ccccc3)cc2)c2ccc(OC)cc2C)c(C)c1. The second-order valence-corrected chi connectivity index (χ2v) is 9.46. The zero-order chi connectivity index (χ0) is 27.9. The summed E-state index contributed by atoms with van der Waals surface area (Å²) in [5, 5.41) is 6.80. The number of rotatable bonds is 9. The van der Waals surface area contributed by atoms with Crippen LogP contribution in [0.25, 0.3) is 0 Å². The fraction of sp³-hybridized carbons (Fsp3) is 0.114. The largest absolute Gasteiger partial charge is 0.497 e. The van der Waals surface area contributed by atoms with E-state index in [0.717, 1.165) is 56.6 Å². The lowest BCUT2D eigenvalue weighted by Gasteiger charge is -2.29. The van der Waals surface area contributed by atoms with Crippen molar-refractivity contribution >= 4 is 34.7 Å². The van der Waals surface area contributed by atoms with Crippen LogP contribution in [-0.4, -0.2) is 20.4 Å². The molecular weight excluding hydrogens is 494 g/mol. The predicted octanol–water partition coefficient (Wildman–Crippen LogP) is 8.96. The van der Waals surface area contributed by atoms with E-state index in [2.05, 4.69) is 91.5 Å². The Morgan fingerprint density at radius 3 is 1.45 bits per heavy atom. The number of ether oxygens (including phenoxy) is 2. The molecule has 40 heavy (non-hydrogen) atoms. The molecule has 0 aliphatic carbocycles. The van der Waals surface area contributed by atoms with Crippen LogP contribution in [0.4, 0.5) is 28.4 Å². The number of nitrogens with zero attached hydrogens (tertiary/aromatic N) is 3. The molecule has 0 bridgehead atoms. The minimum atomic E-state index is 0.834. The van der Waals surface area contributed by atoms with Crippen LogP contribution < -0.4 is 19.4 Å². The molecule has 0 saturated heterocycles. The van der Waals surface area contributed by atoms with Gasteiger partial charge in [-0.05, 0) is 103 Å². The van der Waals surface area contributed by atoms with Crippen LogP contribution in [0.5, 0.6) is 11.5 Å². The molecule has 0 heterocycles. The van der Waals surface area contributed by atoms with E-state index in [1.807, 2.05) is 59.8 Å². The first-order valence-electron chi connectivity index (χ1n) is 13.2. The van der Waals surface area contributed by atoms with Crippen LogP contribution >= 0.6 is 0 Å². The lowest BCUT2D eigenvalue weighted by molar-refractivity contribution is 0.414. The summed E-state index contributed by atoms with van der Waals surface area (Å²) in [4.78, 5) is 2.27. The molecule has 0 N–H and O–H groups in total. The summed E-state index contributed by atoms with van der Waals surface area (Å²) in [5.74, 6) is 1.67. The minimum Gasteiger partial charge on any atom is -0.497 e. The average molecular weight is 528 g/mol. The number of benzene rings is 5. The Hall–Kier alpha value is -5.03. The third-order valence-corrected chi connectivity index (χ3v) is 6.76. The van der Waals surface area contributed by atoms with Gasteiger partial charge in [0.05, 0.1) is 31.8 Å². The van der Waals surface area contributed by atoms with Crippen LogP contribution in [0.1, 0.15) is 16.7 Å². The lowest BCUT2D eigenvalue weighted by atomic mass is 10.1. The van der Waals surface area contributed by atoms with Gasteiger partial charge >= 0.3 is 0 Å². The number of hydrogen-bond donors (Lipinski definition) is 0. The molecule has 0 aromatic heterocycles. The molecule has 5 aromatic rings. The number of anilines is 5. The van der Waals surface area contributed by atoms with E-state index in [9.17, 15) is 0 Å². The summed E-state index contributed by atoms with van der Waals surface area (Å²) in [6.45, 7) is 4.21. The van der Waals surface area contributed by atoms with Crippen molar-refractivity contribution in [1.82, 2.24) is 0 Å². The van der Waals surface area contributed by atoms with E-state index >= 15 is 0 Å². The van der Waals surface area contributed by atoms with Crippen molar-refractivity contribution in [1.29, 1.82) is 0 Å². The van der Waals surface area contributed by atoms with Gasteiger partial charge in [0.25, 0.3) is 0 Å². The summed E-state index contributed by atoms with van der Waals surface area (Å²) >= 11 is 0. The van der Waals surface area contributed by atoms with Crippen molar-refractivity contribution in [2.75, 3.05) is 24.1 Å². The third-order valence-electron chi connectivity index (χ3n) is 6.76. The first kappa shape index (κ1) is 26.6. The fourth-order valence-corrected chi connectivity index (χ4v) is 4.67. The quantitative estimate of drug-likeness (QED) is 0.142. The normalized spacial score (nSPS) is 10.9. The van der Waals surface area contributed by atoms with Crippen LogP contribution in [-0.2, 0) is 0 Å². The van der Waals surface area contributed by atoms with Crippen molar-refractivity contribution < 1.29 is 9.47 Å². The third kappa shape index (κ3) is 5.84. The highest BCUT2D eigenvalue weighted by molar-refractivity contribution is 5.85. The Kier molecular flexibility index (Phi) is 8.12. The smallest absolute Gasteiger partial charge is 0.119 e. The number of methoxy groups -OCH3 is 2. The lowest BCUT2D eigenvalue weighted by Crippen LogP contribution is -2.13. The highest BCUT2D eigenvalue weighted by Crippen LogP contribution is 2.40. The molecule has 5 heteroatoms. The number of aryl methyl sites for hydroxylation is 2. The Bertz CT molecular complexity index is 1490. The molecule has 200 valence electrons. The number of hydrogen-bond acceptors (Lipinski definition) is 5. The van der Waals surface area contributed by atoms with E-state index in [0.29, 0.717) is 0 Å². The molecule has 5 nitrogen and oxygen atoms in total. The van der Waals surface area contributed by atoms with Gasteiger partial charge in [0.2, 0.25) is 0 Å². The topological polar surface area (TPSA) is 37.3 Å². The van der Waals surface area contributed by atoms with Crippen LogP contribution in [0.15, 0.2) is 126 Å². The maximum absolute atomic E-state index is 5.47. The van der Waals surface area contributed by atoms with Crippen molar-refractivity contribution in [2.45, 2.75) is 13.8 Å². The predicted molar refractivity (Wildman–Crippen MR) is 166 cm³/mol. The second-order valence-electron chi connectivity index (χ2n) is 9.46. The molecule has 0 fully saturated rings. The highest BCUT2D eigenvalue weighted by atomic mass is 16.5. The van der Waals surface area contributed by atoms with Gasteiger partial charge in [0.1, 0.15) is 11.5 Å². The van der Waals surface area contributed by atoms with Gasteiger partial charge in [-0.25, -0.2) is 5.01 Å². The second kappa shape index (κ2) is 12.2. The Morgan fingerprint density at radius 1 is 0.550 bits per heavy atom. The highest BCUT2D eigenvalue weighted by Gasteiger charge is 2.17. The first-order chi connectivity index (χ1) is 19.6. The van der Waals surface area contributed by atoms with Crippen molar-refractivity contribution in [3.05, 3.63) is 138 Å².